The molecule has 2 amide bonds. The molecule has 0 saturated heterocycles. The van der Waals surface area contributed by atoms with Crippen LogP contribution < -0.4 is 10.6 Å². The maximum atomic E-state index is 10.7. The van der Waals surface area contributed by atoms with Crippen molar-refractivity contribution in [3.05, 3.63) is 11.8 Å². The summed E-state index contributed by atoms with van der Waals surface area (Å²) in [6.45, 7) is 6.15. The smallest absolute Gasteiger partial charge is 0.318 e. The molecule has 0 aliphatic rings. The summed E-state index contributed by atoms with van der Waals surface area (Å²) in [5.74, 6) is 0.479. The van der Waals surface area contributed by atoms with Gasteiger partial charge in [0.15, 0.2) is 0 Å². The number of hydrogen-bond donors (Lipinski definition) is 2. The first kappa shape index (κ1) is 10.0. The molecule has 0 aromatic carbocycles. The van der Waals surface area contributed by atoms with Crippen LogP contribution in [0.25, 0.3) is 0 Å². The van der Waals surface area contributed by atoms with Crippen LogP contribution in [0.4, 0.5) is 4.79 Å². The lowest BCUT2D eigenvalue weighted by Gasteiger charge is -2.04. The molecule has 0 aromatic rings. The molecule has 2 N–H and O–H groups in total. The van der Waals surface area contributed by atoms with Crippen molar-refractivity contribution < 1.29 is 4.79 Å². The minimum absolute atomic E-state index is 0.176. The molecule has 0 aliphatic heterocycles. The maximum absolute atomic E-state index is 10.7. The summed E-state index contributed by atoms with van der Waals surface area (Å²) in [6.07, 6.45) is 1.73. The fourth-order valence-corrected chi connectivity index (χ4v) is 0.418. The lowest BCUT2D eigenvalue weighted by Crippen LogP contribution is -2.29. The van der Waals surface area contributed by atoms with Gasteiger partial charge in [0, 0.05) is 13.2 Å². The molecule has 0 rings (SSSR count). The van der Waals surface area contributed by atoms with Crippen molar-refractivity contribution in [2.24, 2.45) is 5.92 Å². The number of allylic oxidation sites excluding steroid dienone is 1. The van der Waals surface area contributed by atoms with Crippen LogP contribution in [-0.2, 0) is 0 Å². The summed E-state index contributed by atoms with van der Waals surface area (Å²) in [7, 11) is 1.59. The molecule has 0 saturated carbocycles. The van der Waals surface area contributed by atoms with E-state index < -0.39 is 0 Å². The monoisotopic (exact) mass is 156 g/mol. The minimum atomic E-state index is -0.176. The summed E-state index contributed by atoms with van der Waals surface area (Å²) in [6, 6.07) is -0.176. The third kappa shape index (κ3) is 4.42. The van der Waals surface area contributed by atoms with Gasteiger partial charge >= 0.3 is 6.03 Å². The number of carbonyl (C=O) groups is 1. The molecule has 3 heteroatoms. The Balaban J connectivity index is 3.82. The Morgan fingerprint density at radius 1 is 1.45 bits per heavy atom. The molecule has 0 aliphatic carbocycles. The molecule has 0 aromatic heterocycles. The number of amides is 2. The van der Waals surface area contributed by atoms with Gasteiger partial charge in [0.25, 0.3) is 0 Å². The number of carbonyl (C=O) groups excluding carboxylic acids is 1. The summed E-state index contributed by atoms with van der Waals surface area (Å²) >= 11 is 0. The Morgan fingerprint density at radius 3 is 2.36 bits per heavy atom. The molecule has 0 spiro atoms. The zero-order valence-electron chi connectivity index (χ0n) is 7.56. The van der Waals surface area contributed by atoms with E-state index in [0.29, 0.717) is 5.92 Å². The highest BCUT2D eigenvalue weighted by Crippen LogP contribution is 2.05. The third-order valence-electron chi connectivity index (χ3n) is 1.57. The van der Waals surface area contributed by atoms with Crippen LogP contribution in [0.2, 0.25) is 0 Å². The molecule has 0 fully saturated rings. The van der Waals surface area contributed by atoms with E-state index in [9.17, 15) is 4.79 Å². The SMILES string of the molecule is CNC(=O)N/C=C(\C)C(C)C. The second kappa shape index (κ2) is 4.77. The Bertz CT molecular complexity index is 161. The summed E-state index contributed by atoms with van der Waals surface area (Å²) < 4.78 is 0. The number of rotatable bonds is 2. The Morgan fingerprint density at radius 2 is 2.00 bits per heavy atom. The second-order valence-corrected chi connectivity index (χ2v) is 2.77. The van der Waals surface area contributed by atoms with Gasteiger partial charge in [-0.3, -0.25) is 0 Å². The van der Waals surface area contributed by atoms with E-state index in [2.05, 4.69) is 24.5 Å². The number of nitrogens with one attached hydrogen (secondary N) is 2. The van der Waals surface area contributed by atoms with Crippen molar-refractivity contribution in [1.82, 2.24) is 10.6 Å². The van der Waals surface area contributed by atoms with Crippen LogP contribution in [0.15, 0.2) is 11.8 Å². The van der Waals surface area contributed by atoms with E-state index in [1.807, 2.05) is 6.92 Å². The van der Waals surface area contributed by atoms with E-state index in [4.69, 9.17) is 0 Å². The van der Waals surface area contributed by atoms with Crippen LogP contribution in [0, 0.1) is 5.92 Å². The fraction of sp³-hybridized carbons (Fsp3) is 0.625. The predicted molar refractivity (Wildman–Crippen MR) is 46.2 cm³/mol. The minimum Gasteiger partial charge on any atom is -0.341 e. The summed E-state index contributed by atoms with van der Waals surface area (Å²) in [5.41, 5.74) is 1.16. The molecule has 0 unspecified atom stereocenters. The average molecular weight is 156 g/mol. The maximum Gasteiger partial charge on any atom is 0.318 e. The lowest BCUT2D eigenvalue weighted by molar-refractivity contribution is 0.246. The van der Waals surface area contributed by atoms with Crippen molar-refractivity contribution in [2.75, 3.05) is 7.05 Å². The molecule has 3 nitrogen and oxygen atoms in total. The number of hydrogen-bond acceptors (Lipinski definition) is 1. The first-order valence-electron chi connectivity index (χ1n) is 3.72. The second-order valence-electron chi connectivity index (χ2n) is 2.77. The van der Waals surface area contributed by atoms with Crippen LogP contribution in [0.1, 0.15) is 20.8 Å². The molecular formula is C8H16N2O. The Hall–Kier alpha value is -0.990. The van der Waals surface area contributed by atoms with Gasteiger partial charge in [-0.25, -0.2) is 4.79 Å². The van der Waals surface area contributed by atoms with E-state index in [1.54, 1.807) is 13.2 Å². The summed E-state index contributed by atoms with van der Waals surface area (Å²) in [5, 5.41) is 5.07. The van der Waals surface area contributed by atoms with Gasteiger partial charge in [-0.15, -0.1) is 0 Å². The quantitative estimate of drug-likeness (QED) is 0.624. The van der Waals surface area contributed by atoms with Crippen LogP contribution in [-0.4, -0.2) is 13.1 Å². The number of urea groups is 1. The molecule has 0 atom stereocenters. The van der Waals surface area contributed by atoms with E-state index in [1.165, 1.54) is 0 Å². The molecule has 0 bridgehead atoms. The van der Waals surface area contributed by atoms with Gasteiger partial charge in [0.05, 0.1) is 0 Å². The first-order chi connectivity index (χ1) is 5.07. The highest BCUT2D eigenvalue weighted by Gasteiger charge is 1.96. The molecule has 0 heterocycles. The standard InChI is InChI=1S/C8H16N2O/c1-6(2)7(3)5-10-8(11)9-4/h5-6H,1-4H3,(H2,9,10,11)/b7-5+. The van der Waals surface area contributed by atoms with Gasteiger partial charge in [-0.05, 0) is 12.8 Å². The zero-order chi connectivity index (χ0) is 8.85. The first-order valence-corrected chi connectivity index (χ1v) is 3.72. The summed E-state index contributed by atoms with van der Waals surface area (Å²) in [4.78, 5) is 10.7. The zero-order valence-corrected chi connectivity index (χ0v) is 7.56. The molecule has 64 valence electrons. The van der Waals surface area contributed by atoms with E-state index in [-0.39, 0.29) is 6.03 Å². The van der Waals surface area contributed by atoms with Crippen molar-refractivity contribution >= 4 is 6.03 Å². The Kier molecular flexibility index (Phi) is 4.34. The van der Waals surface area contributed by atoms with Gasteiger partial charge in [0.2, 0.25) is 0 Å². The normalized spacial score (nSPS) is 11.5. The van der Waals surface area contributed by atoms with Gasteiger partial charge < -0.3 is 10.6 Å². The lowest BCUT2D eigenvalue weighted by atomic mass is 10.1. The van der Waals surface area contributed by atoms with Crippen molar-refractivity contribution in [1.29, 1.82) is 0 Å². The molecular weight excluding hydrogens is 140 g/mol. The predicted octanol–water partition coefficient (Wildman–Crippen LogP) is 1.48. The van der Waals surface area contributed by atoms with Crippen molar-refractivity contribution in [2.45, 2.75) is 20.8 Å². The highest BCUT2D eigenvalue weighted by atomic mass is 16.2. The Labute approximate surface area is 67.9 Å². The molecule has 11 heavy (non-hydrogen) atoms. The largest absolute Gasteiger partial charge is 0.341 e. The highest BCUT2D eigenvalue weighted by molar-refractivity contribution is 5.74. The topological polar surface area (TPSA) is 41.1 Å². The van der Waals surface area contributed by atoms with Crippen molar-refractivity contribution in [3.8, 4) is 0 Å². The third-order valence-corrected chi connectivity index (χ3v) is 1.57. The van der Waals surface area contributed by atoms with Gasteiger partial charge in [0.1, 0.15) is 0 Å². The van der Waals surface area contributed by atoms with Crippen molar-refractivity contribution in [3.63, 3.8) is 0 Å². The van der Waals surface area contributed by atoms with Crippen LogP contribution in [0.5, 0.6) is 0 Å². The fourth-order valence-electron chi connectivity index (χ4n) is 0.418. The van der Waals surface area contributed by atoms with Crippen LogP contribution >= 0.6 is 0 Å². The van der Waals surface area contributed by atoms with Gasteiger partial charge in [-0.2, -0.15) is 0 Å². The van der Waals surface area contributed by atoms with Crippen LogP contribution in [0.3, 0.4) is 0 Å². The van der Waals surface area contributed by atoms with E-state index in [0.717, 1.165) is 5.57 Å². The van der Waals surface area contributed by atoms with Gasteiger partial charge in [-0.1, -0.05) is 19.4 Å². The molecule has 0 radical (unpaired) electrons. The average Bonchev–Trinajstić information content (AvgIpc) is 1.99. The van der Waals surface area contributed by atoms with E-state index >= 15 is 0 Å².